The van der Waals surface area contributed by atoms with Crippen LogP contribution in [0.5, 0.6) is 5.75 Å². The van der Waals surface area contributed by atoms with Crippen LogP contribution < -0.4 is 0 Å². The Hall–Kier alpha value is -2.40. The first-order valence-corrected chi connectivity index (χ1v) is 6.94. The molecule has 21 heavy (non-hydrogen) atoms. The quantitative estimate of drug-likeness (QED) is 0.899. The Morgan fingerprint density at radius 3 is 2.67 bits per heavy atom. The topological polar surface area (TPSA) is 69.0 Å². The zero-order valence-electron chi connectivity index (χ0n) is 11.6. The van der Waals surface area contributed by atoms with E-state index >= 15 is 0 Å². The van der Waals surface area contributed by atoms with E-state index in [1.54, 1.807) is 18.3 Å². The minimum atomic E-state index is -0.00652. The summed E-state index contributed by atoms with van der Waals surface area (Å²) in [6, 6.07) is 12.9. The standard InChI is InChI=1S/C16H17N3O2/c20-10-9-19-15(13-6-3-4-8-17-13)11-14(18-19)12-5-1-2-7-16(12)21/h1-8,15,20-21H,9-11H2. The number of pyridine rings is 1. The molecular weight excluding hydrogens is 266 g/mol. The summed E-state index contributed by atoms with van der Waals surface area (Å²) in [4.78, 5) is 4.38. The average molecular weight is 283 g/mol. The third-order valence-electron chi connectivity index (χ3n) is 3.57. The third kappa shape index (κ3) is 2.73. The number of phenolic OH excluding ortho intramolecular Hbond substituents is 1. The minimum Gasteiger partial charge on any atom is -0.507 e. The second kappa shape index (κ2) is 5.93. The van der Waals surface area contributed by atoms with Crippen LogP contribution in [0.2, 0.25) is 0 Å². The van der Waals surface area contributed by atoms with Gasteiger partial charge < -0.3 is 10.2 Å². The number of β-amino-alcohol motifs (C(OH)–C–C–N with tert-alkyl or cyclic N) is 1. The van der Waals surface area contributed by atoms with Gasteiger partial charge in [-0.15, -0.1) is 0 Å². The Morgan fingerprint density at radius 2 is 1.95 bits per heavy atom. The van der Waals surface area contributed by atoms with Gasteiger partial charge in [0.25, 0.3) is 0 Å². The highest BCUT2D eigenvalue weighted by molar-refractivity contribution is 6.03. The van der Waals surface area contributed by atoms with Crippen molar-refractivity contribution in [2.75, 3.05) is 13.2 Å². The molecular formula is C16H17N3O2. The van der Waals surface area contributed by atoms with Crippen LogP contribution in [0.3, 0.4) is 0 Å². The van der Waals surface area contributed by atoms with Crippen molar-refractivity contribution in [3.8, 4) is 5.75 Å². The van der Waals surface area contributed by atoms with E-state index in [1.807, 2.05) is 35.3 Å². The van der Waals surface area contributed by atoms with Crippen molar-refractivity contribution in [2.45, 2.75) is 12.5 Å². The van der Waals surface area contributed by atoms with Crippen LogP contribution in [-0.2, 0) is 0 Å². The number of para-hydroxylation sites is 1. The Labute approximate surface area is 123 Å². The maximum atomic E-state index is 9.98. The molecule has 2 aromatic rings. The van der Waals surface area contributed by atoms with Crippen molar-refractivity contribution in [2.24, 2.45) is 5.10 Å². The molecule has 0 radical (unpaired) electrons. The molecule has 0 fully saturated rings. The fourth-order valence-corrected chi connectivity index (χ4v) is 2.57. The van der Waals surface area contributed by atoms with Crippen LogP contribution in [0.1, 0.15) is 23.7 Å². The number of aliphatic hydroxyl groups excluding tert-OH is 1. The zero-order chi connectivity index (χ0) is 14.7. The number of hydrogen-bond donors (Lipinski definition) is 2. The number of aromatic hydroxyl groups is 1. The Morgan fingerprint density at radius 1 is 1.14 bits per heavy atom. The van der Waals surface area contributed by atoms with Gasteiger partial charge in [0.2, 0.25) is 0 Å². The van der Waals surface area contributed by atoms with E-state index in [9.17, 15) is 10.2 Å². The van der Waals surface area contributed by atoms with Crippen LogP contribution in [0.25, 0.3) is 0 Å². The second-order valence-corrected chi connectivity index (χ2v) is 4.93. The maximum absolute atomic E-state index is 9.98. The molecule has 5 heteroatoms. The van der Waals surface area contributed by atoms with Gasteiger partial charge in [0, 0.05) is 18.2 Å². The number of hydrazone groups is 1. The number of rotatable bonds is 4. The van der Waals surface area contributed by atoms with Gasteiger partial charge >= 0.3 is 0 Å². The number of aromatic nitrogens is 1. The van der Waals surface area contributed by atoms with Crippen LogP contribution in [-0.4, -0.2) is 39.1 Å². The van der Waals surface area contributed by atoms with Crippen LogP contribution in [0, 0.1) is 0 Å². The van der Waals surface area contributed by atoms with E-state index in [4.69, 9.17) is 0 Å². The number of nitrogens with zero attached hydrogens (tertiary/aromatic N) is 3. The molecule has 108 valence electrons. The summed E-state index contributed by atoms with van der Waals surface area (Å²) in [5.74, 6) is 0.224. The van der Waals surface area contributed by atoms with E-state index < -0.39 is 0 Å². The van der Waals surface area contributed by atoms with E-state index in [0.717, 1.165) is 17.0 Å². The molecule has 0 aliphatic carbocycles. The summed E-state index contributed by atoms with van der Waals surface area (Å²) in [6.07, 6.45) is 2.42. The molecule has 0 amide bonds. The molecule has 1 aliphatic heterocycles. The minimum absolute atomic E-state index is 0.00652. The van der Waals surface area contributed by atoms with Gasteiger partial charge in [0.05, 0.1) is 30.6 Å². The van der Waals surface area contributed by atoms with Crippen molar-refractivity contribution >= 4 is 5.71 Å². The van der Waals surface area contributed by atoms with Gasteiger partial charge in [-0.05, 0) is 24.3 Å². The molecule has 5 nitrogen and oxygen atoms in total. The third-order valence-corrected chi connectivity index (χ3v) is 3.57. The van der Waals surface area contributed by atoms with Gasteiger partial charge in [-0.25, -0.2) is 0 Å². The molecule has 0 spiro atoms. The Kier molecular flexibility index (Phi) is 3.83. The molecule has 1 aromatic heterocycles. The largest absolute Gasteiger partial charge is 0.507 e. The van der Waals surface area contributed by atoms with E-state index in [1.165, 1.54) is 0 Å². The monoisotopic (exact) mass is 283 g/mol. The van der Waals surface area contributed by atoms with Crippen molar-refractivity contribution in [3.05, 3.63) is 59.9 Å². The summed E-state index contributed by atoms with van der Waals surface area (Å²) in [6.45, 7) is 0.471. The lowest BCUT2D eigenvalue weighted by atomic mass is 10.0. The van der Waals surface area contributed by atoms with Crippen molar-refractivity contribution < 1.29 is 10.2 Å². The molecule has 1 aromatic carbocycles. The lowest BCUT2D eigenvalue weighted by Gasteiger charge is -2.21. The highest BCUT2D eigenvalue weighted by Crippen LogP contribution is 2.33. The van der Waals surface area contributed by atoms with Crippen LogP contribution >= 0.6 is 0 Å². The molecule has 2 N–H and O–H groups in total. The molecule has 1 aliphatic rings. The lowest BCUT2D eigenvalue weighted by Crippen LogP contribution is -2.23. The summed E-state index contributed by atoms with van der Waals surface area (Å²) in [5, 5.41) is 25.6. The van der Waals surface area contributed by atoms with E-state index in [0.29, 0.717) is 13.0 Å². The summed E-state index contributed by atoms with van der Waals surface area (Å²) < 4.78 is 0. The molecule has 3 rings (SSSR count). The normalized spacial score (nSPS) is 17.9. The second-order valence-electron chi connectivity index (χ2n) is 4.93. The van der Waals surface area contributed by atoms with Gasteiger partial charge in [-0.3, -0.25) is 9.99 Å². The Balaban J connectivity index is 1.92. The molecule has 0 saturated heterocycles. The van der Waals surface area contributed by atoms with Gasteiger partial charge in [0.15, 0.2) is 0 Å². The predicted octanol–water partition coefficient (Wildman–Crippen LogP) is 1.93. The number of aliphatic hydroxyl groups is 1. The molecule has 1 atom stereocenters. The van der Waals surface area contributed by atoms with Crippen LogP contribution in [0.15, 0.2) is 53.8 Å². The first-order chi connectivity index (χ1) is 10.3. The first-order valence-electron chi connectivity index (χ1n) is 6.94. The maximum Gasteiger partial charge on any atom is 0.124 e. The fraction of sp³-hybridized carbons (Fsp3) is 0.250. The van der Waals surface area contributed by atoms with Crippen LogP contribution in [0.4, 0.5) is 0 Å². The predicted molar refractivity (Wildman–Crippen MR) is 80.0 cm³/mol. The number of phenols is 1. The average Bonchev–Trinajstić information content (AvgIpc) is 2.93. The smallest absolute Gasteiger partial charge is 0.124 e. The molecule has 1 unspecified atom stereocenters. The highest BCUT2D eigenvalue weighted by atomic mass is 16.3. The molecule has 0 bridgehead atoms. The van der Waals surface area contributed by atoms with Crippen molar-refractivity contribution in [1.82, 2.24) is 9.99 Å². The van der Waals surface area contributed by atoms with E-state index in [2.05, 4.69) is 10.1 Å². The molecule has 2 heterocycles. The number of hydrogen-bond acceptors (Lipinski definition) is 5. The highest BCUT2D eigenvalue weighted by Gasteiger charge is 2.30. The van der Waals surface area contributed by atoms with Gasteiger partial charge in [0.1, 0.15) is 5.75 Å². The zero-order valence-corrected chi connectivity index (χ0v) is 11.6. The van der Waals surface area contributed by atoms with Gasteiger partial charge in [-0.1, -0.05) is 18.2 Å². The fourth-order valence-electron chi connectivity index (χ4n) is 2.57. The molecule has 0 saturated carbocycles. The van der Waals surface area contributed by atoms with Crippen molar-refractivity contribution in [1.29, 1.82) is 0 Å². The lowest BCUT2D eigenvalue weighted by molar-refractivity contribution is 0.170. The Bertz CT molecular complexity index is 643. The first kappa shape index (κ1) is 13.6. The van der Waals surface area contributed by atoms with Crippen molar-refractivity contribution in [3.63, 3.8) is 0 Å². The summed E-state index contributed by atoms with van der Waals surface area (Å²) in [7, 11) is 0. The van der Waals surface area contributed by atoms with E-state index in [-0.39, 0.29) is 18.4 Å². The SMILES string of the molecule is OCCN1N=C(c2ccccc2O)CC1c1ccccn1. The van der Waals surface area contributed by atoms with Gasteiger partial charge in [-0.2, -0.15) is 5.10 Å². The summed E-state index contributed by atoms with van der Waals surface area (Å²) >= 11 is 0. The number of benzene rings is 1. The summed E-state index contributed by atoms with van der Waals surface area (Å²) in [5.41, 5.74) is 2.47.